The second kappa shape index (κ2) is 6.73. The summed E-state index contributed by atoms with van der Waals surface area (Å²) in [6.07, 6.45) is 1.18. The number of hydrogen-bond donors (Lipinski definition) is 0. The minimum Gasteiger partial charge on any atom is -0.301 e. The summed E-state index contributed by atoms with van der Waals surface area (Å²) in [6, 6.07) is 11.2. The molecule has 0 heterocycles. The largest absolute Gasteiger partial charge is 0.301 e. The maximum atomic E-state index is 9.06. The summed E-state index contributed by atoms with van der Waals surface area (Å²) in [4.78, 5) is 2.21. The van der Waals surface area contributed by atoms with Crippen molar-refractivity contribution in [1.29, 1.82) is 5.26 Å². The molecule has 0 saturated carbocycles. The summed E-state index contributed by atoms with van der Waals surface area (Å²) in [5, 5.41) is 9.06. The molecule has 0 fully saturated rings. The number of benzene rings is 1. The third kappa shape index (κ3) is 5.04. The van der Waals surface area contributed by atoms with Crippen LogP contribution in [0.25, 0.3) is 0 Å². The lowest BCUT2D eigenvalue weighted by Crippen LogP contribution is -2.29. The van der Waals surface area contributed by atoms with Gasteiger partial charge < -0.3 is 4.90 Å². The Morgan fingerprint density at radius 1 is 1.26 bits per heavy atom. The van der Waals surface area contributed by atoms with E-state index in [0.29, 0.717) is 5.92 Å². The van der Waals surface area contributed by atoms with E-state index in [2.05, 4.69) is 56.1 Å². The molecule has 1 unspecified atom stereocenters. The first-order valence-electron chi connectivity index (χ1n) is 7.06. The van der Waals surface area contributed by atoms with E-state index in [0.717, 1.165) is 13.1 Å². The third-order valence-corrected chi connectivity index (χ3v) is 3.58. The highest BCUT2D eigenvalue weighted by molar-refractivity contribution is 5.25. The molecule has 0 aliphatic heterocycles. The molecular formula is C17H26N2. The number of hydrogen-bond acceptors (Lipinski definition) is 2. The van der Waals surface area contributed by atoms with Gasteiger partial charge in [-0.3, -0.25) is 0 Å². The standard InChI is InChI=1S/C17H26N2/c1-6-14(2)16-9-7-15(8-10-16)11-19(5)13-17(3,4)12-18/h7-10,14H,6,11,13H2,1-5H3. The van der Waals surface area contributed by atoms with E-state index in [9.17, 15) is 0 Å². The average molecular weight is 258 g/mol. The van der Waals surface area contributed by atoms with Crippen LogP contribution in [0, 0.1) is 16.7 Å². The maximum absolute atomic E-state index is 9.06. The van der Waals surface area contributed by atoms with Gasteiger partial charge in [0.05, 0.1) is 11.5 Å². The van der Waals surface area contributed by atoms with Crippen molar-refractivity contribution in [1.82, 2.24) is 4.90 Å². The molecule has 104 valence electrons. The fourth-order valence-corrected chi connectivity index (χ4v) is 2.27. The summed E-state index contributed by atoms with van der Waals surface area (Å²) in [5.41, 5.74) is 2.43. The van der Waals surface area contributed by atoms with Crippen LogP contribution in [-0.4, -0.2) is 18.5 Å². The van der Waals surface area contributed by atoms with Crippen molar-refractivity contribution < 1.29 is 0 Å². The van der Waals surface area contributed by atoms with Crippen LogP contribution in [0.3, 0.4) is 0 Å². The van der Waals surface area contributed by atoms with E-state index >= 15 is 0 Å². The SMILES string of the molecule is CCC(C)c1ccc(CN(C)CC(C)(C)C#N)cc1. The van der Waals surface area contributed by atoms with Gasteiger partial charge in [-0.05, 0) is 44.4 Å². The highest BCUT2D eigenvalue weighted by atomic mass is 15.1. The van der Waals surface area contributed by atoms with Gasteiger partial charge in [-0.2, -0.15) is 5.26 Å². The zero-order chi connectivity index (χ0) is 14.5. The molecule has 0 saturated heterocycles. The smallest absolute Gasteiger partial charge is 0.0697 e. The first-order valence-corrected chi connectivity index (χ1v) is 7.06. The number of rotatable bonds is 6. The van der Waals surface area contributed by atoms with Crippen LogP contribution in [0.2, 0.25) is 0 Å². The van der Waals surface area contributed by atoms with Crippen LogP contribution < -0.4 is 0 Å². The highest BCUT2D eigenvalue weighted by Crippen LogP contribution is 2.20. The van der Waals surface area contributed by atoms with E-state index in [1.54, 1.807) is 0 Å². The lowest BCUT2D eigenvalue weighted by atomic mass is 9.95. The van der Waals surface area contributed by atoms with Crippen molar-refractivity contribution in [2.45, 2.75) is 46.6 Å². The fraction of sp³-hybridized carbons (Fsp3) is 0.588. The van der Waals surface area contributed by atoms with Gasteiger partial charge in [0.15, 0.2) is 0 Å². The first-order chi connectivity index (χ1) is 8.88. The van der Waals surface area contributed by atoms with E-state index < -0.39 is 0 Å². The van der Waals surface area contributed by atoms with Crippen LogP contribution in [0.15, 0.2) is 24.3 Å². The Labute approximate surface area is 118 Å². The maximum Gasteiger partial charge on any atom is 0.0697 e. The molecule has 0 aliphatic carbocycles. The van der Waals surface area contributed by atoms with E-state index in [1.807, 2.05) is 13.8 Å². The summed E-state index contributed by atoms with van der Waals surface area (Å²) in [7, 11) is 2.07. The Bertz CT molecular complexity index is 426. The predicted molar refractivity (Wildman–Crippen MR) is 80.9 cm³/mol. The van der Waals surface area contributed by atoms with Gasteiger partial charge in [-0.15, -0.1) is 0 Å². The monoisotopic (exact) mass is 258 g/mol. The third-order valence-electron chi connectivity index (χ3n) is 3.58. The molecule has 0 aliphatic rings. The van der Waals surface area contributed by atoms with Crippen molar-refractivity contribution >= 4 is 0 Å². The molecular weight excluding hydrogens is 232 g/mol. The topological polar surface area (TPSA) is 27.0 Å². The van der Waals surface area contributed by atoms with Crippen molar-refractivity contribution in [3.8, 4) is 6.07 Å². The van der Waals surface area contributed by atoms with E-state index in [1.165, 1.54) is 17.5 Å². The van der Waals surface area contributed by atoms with E-state index in [-0.39, 0.29) is 5.41 Å². The molecule has 0 aromatic heterocycles. The molecule has 0 radical (unpaired) electrons. The van der Waals surface area contributed by atoms with Crippen LogP contribution >= 0.6 is 0 Å². The van der Waals surface area contributed by atoms with Gasteiger partial charge in [0, 0.05) is 13.1 Å². The highest BCUT2D eigenvalue weighted by Gasteiger charge is 2.19. The van der Waals surface area contributed by atoms with Crippen molar-refractivity contribution in [3.05, 3.63) is 35.4 Å². The summed E-state index contributed by atoms with van der Waals surface area (Å²) >= 11 is 0. The Morgan fingerprint density at radius 3 is 2.32 bits per heavy atom. The lowest BCUT2D eigenvalue weighted by Gasteiger charge is -2.24. The molecule has 1 rings (SSSR count). The Kier molecular flexibility index (Phi) is 5.57. The fourth-order valence-electron chi connectivity index (χ4n) is 2.27. The van der Waals surface area contributed by atoms with Crippen LogP contribution in [-0.2, 0) is 6.54 Å². The van der Waals surface area contributed by atoms with Crippen LogP contribution in [0.1, 0.15) is 51.2 Å². The molecule has 1 aromatic rings. The number of nitrogens with zero attached hydrogens (tertiary/aromatic N) is 2. The summed E-state index contributed by atoms with van der Waals surface area (Å²) in [5.74, 6) is 0.629. The first kappa shape index (κ1) is 15.7. The minimum atomic E-state index is -0.286. The summed E-state index contributed by atoms with van der Waals surface area (Å²) < 4.78 is 0. The van der Waals surface area contributed by atoms with Crippen LogP contribution in [0.4, 0.5) is 0 Å². The van der Waals surface area contributed by atoms with Gasteiger partial charge in [-0.25, -0.2) is 0 Å². The molecule has 19 heavy (non-hydrogen) atoms. The van der Waals surface area contributed by atoms with Crippen LogP contribution in [0.5, 0.6) is 0 Å². The average Bonchev–Trinajstić information content (AvgIpc) is 2.38. The summed E-state index contributed by atoms with van der Waals surface area (Å²) in [6.45, 7) is 10.1. The zero-order valence-corrected chi connectivity index (χ0v) is 12.9. The second-order valence-electron chi connectivity index (χ2n) is 6.22. The van der Waals surface area contributed by atoms with Gasteiger partial charge >= 0.3 is 0 Å². The zero-order valence-electron chi connectivity index (χ0n) is 12.9. The van der Waals surface area contributed by atoms with Crippen molar-refractivity contribution in [2.75, 3.05) is 13.6 Å². The Balaban J connectivity index is 2.61. The molecule has 2 nitrogen and oxygen atoms in total. The Hall–Kier alpha value is -1.33. The molecule has 1 aromatic carbocycles. The van der Waals surface area contributed by atoms with Gasteiger partial charge in [0.1, 0.15) is 0 Å². The quantitative estimate of drug-likeness (QED) is 0.765. The molecule has 0 bridgehead atoms. The van der Waals surface area contributed by atoms with Gasteiger partial charge in [0.2, 0.25) is 0 Å². The molecule has 0 N–H and O–H groups in total. The molecule has 0 spiro atoms. The Morgan fingerprint density at radius 2 is 1.84 bits per heavy atom. The molecule has 0 amide bonds. The van der Waals surface area contributed by atoms with E-state index in [4.69, 9.17) is 5.26 Å². The molecule has 1 atom stereocenters. The minimum absolute atomic E-state index is 0.286. The van der Waals surface area contributed by atoms with Gasteiger partial charge in [-0.1, -0.05) is 38.1 Å². The normalized spacial score (nSPS) is 13.3. The number of nitriles is 1. The van der Waals surface area contributed by atoms with Crippen molar-refractivity contribution in [2.24, 2.45) is 5.41 Å². The van der Waals surface area contributed by atoms with Gasteiger partial charge in [0.25, 0.3) is 0 Å². The van der Waals surface area contributed by atoms with Crippen molar-refractivity contribution in [3.63, 3.8) is 0 Å². The lowest BCUT2D eigenvalue weighted by molar-refractivity contribution is 0.249. The molecule has 2 heteroatoms. The second-order valence-corrected chi connectivity index (χ2v) is 6.22. The predicted octanol–water partition coefficient (Wildman–Crippen LogP) is 4.18.